The highest BCUT2D eigenvalue weighted by molar-refractivity contribution is 5.81. The first-order chi connectivity index (χ1) is 9.76. The smallest absolute Gasteiger partial charge is 0.0749 e. The van der Waals surface area contributed by atoms with Crippen LogP contribution in [0.5, 0.6) is 0 Å². The van der Waals surface area contributed by atoms with Crippen LogP contribution in [0.4, 0.5) is 0 Å². The average Bonchev–Trinajstić information content (AvgIpc) is 2.50. The van der Waals surface area contributed by atoms with Crippen molar-refractivity contribution in [3.8, 4) is 0 Å². The second-order valence-electron chi connectivity index (χ2n) is 5.68. The predicted molar refractivity (Wildman–Crippen MR) is 86.6 cm³/mol. The molecule has 1 heterocycles. The minimum atomic E-state index is 0.0930. The van der Waals surface area contributed by atoms with Gasteiger partial charge in [0.2, 0.25) is 0 Å². The van der Waals surface area contributed by atoms with Crippen molar-refractivity contribution in [2.24, 2.45) is 11.7 Å². The maximum absolute atomic E-state index is 6.47. The molecule has 0 aliphatic heterocycles. The molecule has 0 bridgehead atoms. The number of pyridine rings is 1. The van der Waals surface area contributed by atoms with Crippen LogP contribution in [0, 0.1) is 5.92 Å². The summed E-state index contributed by atoms with van der Waals surface area (Å²) < 4.78 is 0. The van der Waals surface area contributed by atoms with Gasteiger partial charge in [0.15, 0.2) is 0 Å². The van der Waals surface area contributed by atoms with Gasteiger partial charge in [-0.15, -0.1) is 0 Å². The van der Waals surface area contributed by atoms with E-state index >= 15 is 0 Å². The predicted octanol–water partition coefficient (Wildman–Crippen LogP) is 4.84. The Morgan fingerprint density at radius 2 is 1.95 bits per heavy atom. The van der Waals surface area contributed by atoms with E-state index < -0.39 is 0 Å². The molecule has 0 aliphatic carbocycles. The summed E-state index contributed by atoms with van der Waals surface area (Å²) in [6.45, 7) is 4.52. The Bertz CT molecular complexity index is 530. The molecule has 0 saturated carbocycles. The molecule has 20 heavy (non-hydrogen) atoms. The zero-order valence-corrected chi connectivity index (χ0v) is 12.7. The minimum absolute atomic E-state index is 0.0930. The van der Waals surface area contributed by atoms with E-state index in [1.165, 1.54) is 36.6 Å². The van der Waals surface area contributed by atoms with Crippen molar-refractivity contribution < 1.29 is 0 Å². The summed E-state index contributed by atoms with van der Waals surface area (Å²) in [4.78, 5) is 4.52. The first kappa shape index (κ1) is 15.0. The van der Waals surface area contributed by atoms with Crippen molar-refractivity contribution in [1.82, 2.24) is 4.98 Å². The van der Waals surface area contributed by atoms with Crippen LogP contribution in [0.15, 0.2) is 36.5 Å². The van der Waals surface area contributed by atoms with E-state index in [1.54, 1.807) is 0 Å². The number of fused-ring (bicyclic) bond motifs is 1. The van der Waals surface area contributed by atoms with Crippen molar-refractivity contribution >= 4 is 10.9 Å². The first-order valence-corrected chi connectivity index (χ1v) is 7.85. The SMILES string of the molecule is CCCCC(CC)CC(N)c1cccc2cccnc12. The summed E-state index contributed by atoms with van der Waals surface area (Å²) in [6, 6.07) is 10.5. The van der Waals surface area contributed by atoms with Crippen LogP contribution in [0.2, 0.25) is 0 Å². The molecule has 0 aliphatic rings. The Morgan fingerprint density at radius 1 is 1.15 bits per heavy atom. The average molecular weight is 270 g/mol. The number of hydrogen-bond acceptors (Lipinski definition) is 2. The standard InChI is InChI=1S/C18H26N2/c1-3-5-8-14(4-2)13-17(19)16-11-6-9-15-10-7-12-20-18(15)16/h6-7,9-12,14,17H,3-5,8,13,19H2,1-2H3. The molecule has 1 aromatic carbocycles. The highest BCUT2D eigenvalue weighted by atomic mass is 14.7. The molecule has 0 amide bonds. The van der Waals surface area contributed by atoms with Gasteiger partial charge in [0.1, 0.15) is 0 Å². The van der Waals surface area contributed by atoms with Crippen molar-refractivity contribution in [2.75, 3.05) is 0 Å². The van der Waals surface area contributed by atoms with Crippen LogP contribution in [-0.2, 0) is 0 Å². The second-order valence-corrected chi connectivity index (χ2v) is 5.68. The maximum Gasteiger partial charge on any atom is 0.0749 e. The Morgan fingerprint density at radius 3 is 2.70 bits per heavy atom. The van der Waals surface area contributed by atoms with E-state index in [0.717, 1.165) is 17.9 Å². The van der Waals surface area contributed by atoms with E-state index in [-0.39, 0.29) is 6.04 Å². The number of aromatic nitrogens is 1. The summed E-state index contributed by atoms with van der Waals surface area (Å²) >= 11 is 0. The van der Waals surface area contributed by atoms with Crippen molar-refractivity contribution in [3.63, 3.8) is 0 Å². The lowest BCUT2D eigenvalue weighted by Gasteiger charge is -2.20. The minimum Gasteiger partial charge on any atom is -0.324 e. The topological polar surface area (TPSA) is 38.9 Å². The van der Waals surface area contributed by atoms with E-state index in [4.69, 9.17) is 5.73 Å². The van der Waals surface area contributed by atoms with Gasteiger partial charge in [0.25, 0.3) is 0 Å². The third-order valence-corrected chi connectivity index (χ3v) is 4.19. The lowest BCUT2D eigenvalue weighted by Crippen LogP contribution is -2.16. The number of benzene rings is 1. The van der Waals surface area contributed by atoms with E-state index in [9.17, 15) is 0 Å². The normalized spacial score (nSPS) is 14.3. The molecule has 1 aromatic heterocycles. The van der Waals surface area contributed by atoms with Gasteiger partial charge in [-0.25, -0.2) is 0 Å². The van der Waals surface area contributed by atoms with Crippen molar-refractivity contribution in [2.45, 2.75) is 52.0 Å². The lowest BCUT2D eigenvalue weighted by atomic mass is 9.89. The molecule has 2 N–H and O–H groups in total. The molecule has 0 spiro atoms. The zero-order valence-electron chi connectivity index (χ0n) is 12.7. The quantitative estimate of drug-likeness (QED) is 0.781. The fourth-order valence-corrected chi connectivity index (χ4v) is 2.89. The molecule has 0 radical (unpaired) electrons. The summed E-state index contributed by atoms with van der Waals surface area (Å²) in [7, 11) is 0. The van der Waals surface area contributed by atoms with Gasteiger partial charge in [-0.1, -0.05) is 63.8 Å². The van der Waals surface area contributed by atoms with Crippen LogP contribution in [0.1, 0.15) is 57.6 Å². The molecule has 2 nitrogen and oxygen atoms in total. The molecule has 108 valence electrons. The number of hydrogen-bond donors (Lipinski definition) is 1. The summed E-state index contributed by atoms with van der Waals surface area (Å²) in [5.74, 6) is 0.726. The summed E-state index contributed by atoms with van der Waals surface area (Å²) in [5.41, 5.74) is 8.72. The highest BCUT2D eigenvalue weighted by Crippen LogP contribution is 2.28. The van der Waals surface area contributed by atoms with Gasteiger partial charge < -0.3 is 5.73 Å². The van der Waals surface area contributed by atoms with Crippen LogP contribution >= 0.6 is 0 Å². The van der Waals surface area contributed by atoms with E-state index in [0.29, 0.717) is 0 Å². The Balaban J connectivity index is 2.16. The zero-order chi connectivity index (χ0) is 14.4. The molecular formula is C18H26N2. The van der Waals surface area contributed by atoms with Gasteiger partial charge in [-0.3, -0.25) is 4.98 Å². The molecule has 2 heteroatoms. The Labute approximate surface area is 122 Å². The monoisotopic (exact) mass is 270 g/mol. The first-order valence-electron chi connectivity index (χ1n) is 7.85. The Kier molecular flexibility index (Phi) is 5.54. The fraction of sp³-hybridized carbons (Fsp3) is 0.500. The second kappa shape index (κ2) is 7.39. The summed E-state index contributed by atoms with van der Waals surface area (Å²) in [5, 5.41) is 1.18. The molecule has 0 saturated heterocycles. The van der Waals surface area contributed by atoms with Gasteiger partial charge in [-0.2, -0.15) is 0 Å². The Hall–Kier alpha value is -1.41. The number of unbranched alkanes of at least 4 members (excludes halogenated alkanes) is 1. The largest absolute Gasteiger partial charge is 0.324 e. The van der Waals surface area contributed by atoms with Crippen molar-refractivity contribution in [3.05, 3.63) is 42.1 Å². The van der Waals surface area contributed by atoms with Gasteiger partial charge in [-0.05, 0) is 24.0 Å². The van der Waals surface area contributed by atoms with Gasteiger partial charge >= 0.3 is 0 Å². The highest BCUT2D eigenvalue weighted by Gasteiger charge is 2.15. The van der Waals surface area contributed by atoms with Crippen LogP contribution in [0.3, 0.4) is 0 Å². The van der Waals surface area contributed by atoms with Gasteiger partial charge in [0.05, 0.1) is 5.52 Å². The van der Waals surface area contributed by atoms with Crippen LogP contribution in [-0.4, -0.2) is 4.98 Å². The molecular weight excluding hydrogens is 244 g/mol. The third kappa shape index (κ3) is 3.57. The number of nitrogens with two attached hydrogens (primary N) is 1. The number of para-hydroxylation sites is 1. The molecule has 2 aromatic rings. The van der Waals surface area contributed by atoms with Gasteiger partial charge in [0, 0.05) is 17.6 Å². The number of rotatable bonds is 7. The van der Waals surface area contributed by atoms with E-state index in [2.05, 4.69) is 43.1 Å². The molecule has 0 fully saturated rings. The molecule has 2 atom stereocenters. The van der Waals surface area contributed by atoms with Crippen LogP contribution in [0.25, 0.3) is 10.9 Å². The lowest BCUT2D eigenvalue weighted by molar-refractivity contribution is 0.389. The molecule has 2 rings (SSSR count). The van der Waals surface area contributed by atoms with E-state index in [1.807, 2.05) is 12.3 Å². The summed E-state index contributed by atoms with van der Waals surface area (Å²) in [6.07, 6.45) is 7.99. The third-order valence-electron chi connectivity index (χ3n) is 4.19. The fourth-order valence-electron chi connectivity index (χ4n) is 2.89. The van der Waals surface area contributed by atoms with Crippen LogP contribution < -0.4 is 5.73 Å². The van der Waals surface area contributed by atoms with Crippen molar-refractivity contribution in [1.29, 1.82) is 0 Å². The number of nitrogens with zero attached hydrogens (tertiary/aromatic N) is 1. The maximum atomic E-state index is 6.47. The molecule has 2 unspecified atom stereocenters.